The van der Waals surface area contributed by atoms with Crippen molar-refractivity contribution in [2.45, 2.75) is 69.6 Å². The average Bonchev–Trinajstić information content (AvgIpc) is 2.97. The number of hydrogen-bond donors (Lipinski definition) is 1. The molecule has 0 saturated heterocycles. The fourth-order valence-corrected chi connectivity index (χ4v) is 3.41. The smallest absolute Gasteiger partial charge is 0.309 e. The maximum absolute atomic E-state index is 11.1. The third-order valence-corrected chi connectivity index (χ3v) is 4.97. The number of rotatable bonds is 10. The molecule has 1 heterocycles. The number of methoxy groups -OCH3 is 1. The van der Waals surface area contributed by atoms with Crippen LogP contribution in [0.3, 0.4) is 0 Å². The van der Waals surface area contributed by atoms with Crippen molar-refractivity contribution in [2.24, 2.45) is 0 Å². The van der Waals surface area contributed by atoms with Gasteiger partial charge in [0.1, 0.15) is 0 Å². The van der Waals surface area contributed by atoms with Crippen LogP contribution in [0, 0.1) is 0 Å². The van der Waals surface area contributed by atoms with Gasteiger partial charge in [0.2, 0.25) is 0 Å². The van der Waals surface area contributed by atoms with Gasteiger partial charge >= 0.3 is 5.97 Å². The molecule has 2 atom stereocenters. The second-order valence-corrected chi connectivity index (χ2v) is 6.70. The summed E-state index contributed by atoms with van der Waals surface area (Å²) in [7, 11) is 1.39. The Bertz CT molecular complexity index is 363. The Morgan fingerprint density at radius 2 is 2.10 bits per heavy atom. The summed E-state index contributed by atoms with van der Waals surface area (Å²) in [6, 6.07) is 0. The second-order valence-electron chi connectivity index (χ2n) is 5.45. The minimum absolute atomic E-state index is 0.129. The number of esters is 1. The van der Waals surface area contributed by atoms with Crippen molar-refractivity contribution in [1.82, 2.24) is 0 Å². The van der Waals surface area contributed by atoms with E-state index < -0.39 is 0 Å². The number of thioether (sulfide) groups is 1. The highest BCUT2D eigenvalue weighted by molar-refractivity contribution is 8.04. The van der Waals surface area contributed by atoms with Crippen LogP contribution in [0.4, 0.5) is 0 Å². The predicted molar refractivity (Wildman–Crippen MR) is 89.2 cm³/mol. The van der Waals surface area contributed by atoms with E-state index in [4.69, 9.17) is 0 Å². The number of ether oxygens (including phenoxy) is 1. The van der Waals surface area contributed by atoms with Gasteiger partial charge in [-0.25, -0.2) is 0 Å². The first-order valence-electron chi connectivity index (χ1n) is 7.97. The summed E-state index contributed by atoms with van der Waals surface area (Å²) in [5, 5.41) is 10.3. The lowest BCUT2D eigenvalue weighted by molar-refractivity contribution is -0.139. The van der Waals surface area contributed by atoms with Crippen LogP contribution in [0.1, 0.15) is 58.3 Å². The first-order valence-corrected chi connectivity index (χ1v) is 8.85. The maximum Gasteiger partial charge on any atom is 0.309 e. The lowest BCUT2D eigenvalue weighted by atomic mass is 10.1. The van der Waals surface area contributed by atoms with Crippen molar-refractivity contribution in [1.29, 1.82) is 0 Å². The number of hydrogen-bond acceptors (Lipinski definition) is 4. The maximum atomic E-state index is 11.1. The lowest BCUT2D eigenvalue weighted by Crippen LogP contribution is -2.19. The van der Waals surface area contributed by atoms with E-state index >= 15 is 0 Å². The van der Waals surface area contributed by atoms with Gasteiger partial charge in [0.05, 0.1) is 24.9 Å². The van der Waals surface area contributed by atoms with E-state index in [2.05, 4.69) is 11.7 Å². The highest BCUT2D eigenvalue weighted by Gasteiger charge is 2.22. The quantitative estimate of drug-likeness (QED) is 0.485. The lowest BCUT2D eigenvalue weighted by Gasteiger charge is -2.15. The van der Waals surface area contributed by atoms with E-state index in [1.165, 1.54) is 39.2 Å². The molecule has 120 valence electrons. The molecule has 1 aliphatic rings. The van der Waals surface area contributed by atoms with Gasteiger partial charge in [0.25, 0.3) is 0 Å². The van der Waals surface area contributed by atoms with Crippen LogP contribution >= 0.6 is 11.8 Å². The third kappa shape index (κ3) is 7.72. The molecule has 21 heavy (non-hydrogen) atoms. The molecule has 0 aliphatic carbocycles. The summed E-state index contributed by atoms with van der Waals surface area (Å²) in [5.41, 5.74) is 0. The van der Waals surface area contributed by atoms with E-state index in [-0.39, 0.29) is 17.3 Å². The Balaban J connectivity index is 2.17. The molecular weight excluding hydrogens is 284 g/mol. The molecule has 0 fully saturated rings. The van der Waals surface area contributed by atoms with Crippen LogP contribution in [0.2, 0.25) is 0 Å². The summed E-state index contributed by atoms with van der Waals surface area (Å²) in [6.07, 6.45) is 14.2. The highest BCUT2D eigenvalue weighted by atomic mass is 32.2. The summed E-state index contributed by atoms with van der Waals surface area (Å²) in [4.78, 5) is 12.1. The molecule has 1 aliphatic heterocycles. The molecular formula is C17H28O3S. The van der Waals surface area contributed by atoms with Gasteiger partial charge in [0, 0.05) is 4.91 Å². The standard InChI is InChI=1S/C17H28O3S/c1-3-4-5-6-7-8-9-15(18)16-12-10-14(21-16)11-13-17(19)20-2/h10-12,15-16,18H,3-9,13H2,1-2H3/b14-11-. The van der Waals surface area contributed by atoms with Gasteiger partial charge < -0.3 is 9.84 Å². The van der Waals surface area contributed by atoms with Crippen LogP contribution in [-0.4, -0.2) is 29.5 Å². The number of carbonyl (C=O) groups excluding carboxylic acids is 1. The predicted octanol–water partition coefficient (Wildman–Crippen LogP) is 4.22. The van der Waals surface area contributed by atoms with E-state index in [1.54, 1.807) is 11.8 Å². The molecule has 4 heteroatoms. The molecule has 1 rings (SSSR count). The van der Waals surface area contributed by atoms with Crippen LogP contribution in [0.5, 0.6) is 0 Å². The first-order chi connectivity index (χ1) is 10.2. The normalized spacial score (nSPS) is 20.9. The summed E-state index contributed by atoms with van der Waals surface area (Å²) < 4.78 is 4.61. The molecule has 3 nitrogen and oxygen atoms in total. The molecule has 0 aromatic rings. The topological polar surface area (TPSA) is 46.5 Å². The van der Waals surface area contributed by atoms with Crippen LogP contribution in [0.25, 0.3) is 0 Å². The summed E-state index contributed by atoms with van der Waals surface area (Å²) in [5.74, 6) is -0.229. The van der Waals surface area contributed by atoms with Crippen molar-refractivity contribution in [2.75, 3.05) is 7.11 Å². The zero-order chi connectivity index (χ0) is 15.5. The van der Waals surface area contributed by atoms with Gasteiger partial charge in [-0.3, -0.25) is 4.79 Å². The monoisotopic (exact) mass is 312 g/mol. The van der Waals surface area contributed by atoms with E-state index in [1.807, 2.05) is 18.2 Å². The number of carbonyl (C=O) groups is 1. The number of aliphatic hydroxyl groups excluding tert-OH is 1. The molecule has 1 N–H and O–H groups in total. The Kier molecular flexibility index (Phi) is 9.51. The van der Waals surface area contributed by atoms with Crippen molar-refractivity contribution < 1.29 is 14.6 Å². The zero-order valence-corrected chi connectivity index (χ0v) is 14.0. The van der Waals surface area contributed by atoms with E-state index in [9.17, 15) is 9.90 Å². The SMILES string of the molecule is CCCCCCCCC(O)C1C=C/C(=C/CC(=O)OC)S1. The zero-order valence-electron chi connectivity index (χ0n) is 13.2. The van der Waals surface area contributed by atoms with Crippen molar-refractivity contribution in [3.8, 4) is 0 Å². The molecule has 2 unspecified atom stereocenters. The molecule has 0 aromatic heterocycles. The second kappa shape index (κ2) is 10.9. The molecule has 0 amide bonds. The number of allylic oxidation sites excluding steroid dienone is 1. The van der Waals surface area contributed by atoms with Gasteiger partial charge in [-0.15, -0.1) is 11.8 Å². The van der Waals surface area contributed by atoms with Crippen LogP contribution in [0.15, 0.2) is 23.1 Å². The third-order valence-electron chi connectivity index (χ3n) is 3.65. The minimum Gasteiger partial charge on any atom is -0.469 e. The van der Waals surface area contributed by atoms with Gasteiger partial charge in [0.15, 0.2) is 0 Å². The van der Waals surface area contributed by atoms with Crippen LogP contribution in [-0.2, 0) is 9.53 Å². The molecule has 0 spiro atoms. The molecule has 0 bridgehead atoms. The summed E-state index contributed by atoms with van der Waals surface area (Å²) in [6.45, 7) is 2.22. The van der Waals surface area contributed by atoms with Crippen LogP contribution < -0.4 is 0 Å². The number of unbranched alkanes of at least 4 members (excludes halogenated alkanes) is 5. The van der Waals surface area contributed by atoms with Gasteiger partial charge in [-0.05, 0) is 6.42 Å². The Labute approximate surface area is 132 Å². The number of aliphatic hydroxyl groups is 1. The van der Waals surface area contributed by atoms with E-state index in [0.717, 1.165) is 17.7 Å². The largest absolute Gasteiger partial charge is 0.469 e. The Morgan fingerprint density at radius 1 is 1.38 bits per heavy atom. The first kappa shape index (κ1) is 18.3. The Morgan fingerprint density at radius 3 is 2.81 bits per heavy atom. The van der Waals surface area contributed by atoms with Gasteiger partial charge in [-0.2, -0.15) is 0 Å². The van der Waals surface area contributed by atoms with Crippen molar-refractivity contribution >= 4 is 17.7 Å². The van der Waals surface area contributed by atoms with E-state index in [0.29, 0.717) is 6.42 Å². The van der Waals surface area contributed by atoms with Gasteiger partial charge in [-0.1, -0.05) is 63.7 Å². The van der Waals surface area contributed by atoms with Crippen molar-refractivity contribution in [3.05, 3.63) is 23.1 Å². The average molecular weight is 312 g/mol. The molecule has 0 aromatic carbocycles. The molecule has 0 radical (unpaired) electrons. The highest BCUT2D eigenvalue weighted by Crippen LogP contribution is 2.34. The fraction of sp³-hybridized carbons (Fsp3) is 0.706. The molecule has 0 saturated carbocycles. The Hall–Kier alpha value is -0.740. The summed E-state index contributed by atoms with van der Waals surface area (Å²) >= 11 is 1.64. The fourth-order valence-electron chi connectivity index (χ4n) is 2.31. The minimum atomic E-state index is -0.290. The van der Waals surface area contributed by atoms with Crippen molar-refractivity contribution in [3.63, 3.8) is 0 Å².